The quantitative estimate of drug-likeness (QED) is 0.743. The maximum atomic E-state index is 5.72. The van der Waals surface area contributed by atoms with Gasteiger partial charge in [0.25, 0.3) is 0 Å². The first-order chi connectivity index (χ1) is 7.22. The number of rotatable bonds is 2. The van der Waals surface area contributed by atoms with E-state index in [1.54, 1.807) is 19.5 Å². The van der Waals surface area contributed by atoms with Gasteiger partial charge in [0.2, 0.25) is 0 Å². The summed E-state index contributed by atoms with van der Waals surface area (Å²) < 4.78 is 6.98. The number of benzene rings is 1. The van der Waals surface area contributed by atoms with Crippen molar-refractivity contribution in [2.45, 2.75) is 0 Å². The minimum atomic E-state index is 0.614. The summed E-state index contributed by atoms with van der Waals surface area (Å²) in [6.07, 6.45) is 1.65. The first-order valence-electron chi connectivity index (χ1n) is 4.50. The van der Waals surface area contributed by atoms with Gasteiger partial charge in [-0.05, 0) is 18.2 Å². The fourth-order valence-electron chi connectivity index (χ4n) is 1.39. The van der Waals surface area contributed by atoms with Crippen molar-refractivity contribution in [1.82, 2.24) is 14.8 Å². The van der Waals surface area contributed by atoms with E-state index in [9.17, 15) is 0 Å². The minimum Gasteiger partial charge on any atom is -0.495 e. The van der Waals surface area contributed by atoms with Gasteiger partial charge in [-0.2, -0.15) is 0 Å². The Bertz CT molecular complexity index is 478. The molecular formula is C10H12N4O. The molecule has 0 saturated carbocycles. The van der Waals surface area contributed by atoms with Gasteiger partial charge >= 0.3 is 0 Å². The lowest BCUT2D eigenvalue weighted by atomic mass is 10.2. The SMILES string of the molecule is COc1cc(-c2nncn2C)ccc1N. The largest absolute Gasteiger partial charge is 0.495 e. The summed E-state index contributed by atoms with van der Waals surface area (Å²) in [5.74, 6) is 1.43. The van der Waals surface area contributed by atoms with E-state index in [-0.39, 0.29) is 0 Å². The van der Waals surface area contributed by atoms with E-state index in [1.165, 1.54) is 0 Å². The van der Waals surface area contributed by atoms with Crippen LogP contribution in [-0.2, 0) is 7.05 Å². The number of nitrogens with zero attached hydrogens (tertiary/aromatic N) is 3. The highest BCUT2D eigenvalue weighted by Crippen LogP contribution is 2.27. The molecule has 1 aromatic heterocycles. The van der Waals surface area contributed by atoms with Crippen molar-refractivity contribution < 1.29 is 4.74 Å². The van der Waals surface area contributed by atoms with Crippen molar-refractivity contribution in [3.05, 3.63) is 24.5 Å². The highest BCUT2D eigenvalue weighted by molar-refractivity contribution is 5.65. The predicted octanol–water partition coefficient (Wildman–Crippen LogP) is 1.07. The molecule has 0 bridgehead atoms. The molecule has 78 valence electrons. The lowest BCUT2D eigenvalue weighted by Crippen LogP contribution is -1.95. The second-order valence-electron chi connectivity index (χ2n) is 3.22. The Balaban J connectivity index is 2.51. The van der Waals surface area contributed by atoms with E-state index >= 15 is 0 Å². The average Bonchev–Trinajstić information content (AvgIpc) is 2.65. The van der Waals surface area contributed by atoms with Crippen LogP contribution in [0.15, 0.2) is 24.5 Å². The summed E-state index contributed by atoms with van der Waals surface area (Å²) >= 11 is 0. The Morgan fingerprint density at radius 2 is 2.20 bits per heavy atom. The normalized spacial score (nSPS) is 10.3. The van der Waals surface area contributed by atoms with Gasteiger partial charge in [-0.1, -0.05) is 0 Å². The fourth-order valence-corrected chi connectivity index (χ4v) is 1.39. The summed E-state index contributed by atoms with van der Waals surface area (Å²) in [6.45, 7) is 0. The second-order valence-corrected chi connectivity index (χ2v) is 3.22. The number of hydrogen-bond acceptors (Lipinski definition) is 4. The van der Waals surface area contributed by atoms with Crippen LogP contribution in [0.4, 0.5) is 5.69 Å². The monoisotopic (exact) mass is 204 g/mol. The lowest BCUT2D eigenvalue weighted by molar-refractivity contribution is 0.417. The molecule has 0 amide bonds. The lowest BCUT2D eigenvalue weighted by Gasteiger charge is -2.06. The van der Waals surface area contributed by atoms with Crippen LogP contribution in [0.1, 0.15) is 0 Å². The van der Waals surface area contributed by atoms with Crippen LogP contribution in [0.25, 0.3) is 11.4 Å². The fraction of sp³-hybridized carbons (Fsp3) is 0.200. The molecule has 0 aliphatic carbocycles. The van der Waals surface area contributed by atoms with Crippen LogP contribution in [0.2, 0.25) is 0 Å². The molecule has 2 rings (SSSR count). The van der Waals surface area contributed by atoms with Gasteiger partial charge in [0.15, 0.2) is 5.82 Å². The van der Waals surface area contributed by atoms with Crippen molar-refractivity contribution in [3.8, 4) is 17.1 Å². The van der Waals surface area contributed by atoms with E-state index in [1.807, 2.05) is 23.7 Å². The van der Waals surface area contributed by atoms with Crippen LogP contribution < -0.4 is 10.5 Å². The third kappa shape index (κ3) is 1.63. The van der Waals surface area contributed by atoms with Crippen LogP contribution >= 0.6 is 0 Å². The van der Waals surface area contributed by atoms with Gasteiger partial charge in [-0.15, -0.1) is 10.2 Å². The van der Waals surface area contributed by atoms with E-state index in [0.29, 0.717) is 11.4 Å². The number of ether oxygens (including phenoxy) is 1. The highest BCUT2D eigenvalue weighted by Gasteiger charge is 2.07. The third-order valence-electron chi connectivity index (χ3n) is 2.20. The molecule has 2 aromatic rings. The number of hydrogen-bond donors (Lipinski definition) is 1. The Morgan fingerprint density at radius 1 is 1.40 bits per heavy atom. The summed E-state index contributed by atoms with van der Waals surface area (Å²) in [4.78, 5) is 0. The summed E-state index contributed by atoms with van der Waals surface area (Å²) in [6, 6.07) is 5.53. The Hall–Kier alpha value is -2.04. The van der Waals surface area contributed by atoms with Crippen molar-refractivity contribution in [3.63, 3.8) is 0 Å². The standard InChI is InChI=1S/C10H12N4O/c1-14-6-12-13-10(14)7-3-4-8(11)9(5-7)15-2/h3-6H,11H2,1-2H3. The van der Waals surface area contributed by atoms with Gasteiger partial charge in [0.1, 0.15) is 12.1 Å². The molecule has 2 N–H and O–H groups in total. The number of nitrogens with two attached hydrogens (primary N) is 1. The molecule has 0 fully saturated rings. The van der Waals surface area contributed by atoms with E-state index in [4.69, 9.17) is 10.5 Å². The van der Waals surface area contributed by atoms with Crippen LogP contribution in [-0.4, -0.2) is 21.9 Å². The van der Waals surface area contributed by atoms with E-state index < -0.39 is 0 Å². The Labute approximate surface area is 87.5 Å². The van der Waals surface area contributed by atoms with Crippen LogP contribution in [0, 0.1) is 0 Å². The zero-order chi connectivity index (χ0) is 10.8. The minimum absolute atomic E-state index is 0.614. The summed E-state index contributed by atoms with van der Waals surface area (Å²) in [7, 11) is 3.48. The predicted molar refractivity (Wildman–Crippen MR) is 57.4 cm³/mol. The van der Waals surface area contributed by atoms with Gasteiger partial charge < -0.3 is 15.0 Å². The van der Waals surface area contributed by atoms with Crippen LogP contribution in [0.3, 0.4) is 0 Å². The molecule has 1 aromatic carbocycles. The topological polar surface area (TPSA) is 66.0 Å². The Morgan fingerprint density at radius 3 is 2.80 bits per heavy atom. The number of nitrogen functional groups attached to an aromatic ring is 1. The number of methoxy groups -OCH3 is 1. The zero-order valence-corrected chi connectivity index (χ0v) is 8.64. The zero-order valence-electron chi connectivity index (χ0n) is 8.64. The van der Waals surface area contributed by atoms with Gasteiger partial charge in [-0.25, -0.2) is 0 Å². The molecule has 0 aliphatic rings. The number of aromatic nitrogens is 3. The highest BCUT2D eigenvalue weighted by atomic mass is 16.5. The summed E-state index contributed by atoms with van der Waals surface area (Å²) in [5.41, 5.74) is 7.27. The van der Waals surface area contributed by atoms with Crippen molar-refractivity contribution in [2.24, 2.45) is 7.05 Å². The maximum absolute atomic E-state index is 5.72. The first-order valence-corrected chi connectivity index (χ1v) is 4.50. The van der Waals surface area contributed by atoms with Crippen LogP contribution in [0.5, 0.6) is 5.75 Å². The molecule has 1 heterocycles. The molecule has 15 heavy (non-hydrogen) atoms. The number of aryl methyl sites for hydroxylation is 1. The van der Waals surface area contributed by atoms with Gasteiger partial charge in [-0.3, -0.25) is 0 Å². The first kappa shape index (κ1) is 9.51. The Kier molecular flexibility index (Phi) is 2.29. The second kappa shape index (κ2) is 3.61. The molecular weight excluding hydrogens is 192 g/mol. The van der Waals surface area contributed by atoms with E-state index in [0.717, 1.165) is 11.4 Å². The molecule has 0 radical (unpaired) electrons. The molecule has 5 heteroatoms. The molecule has 0 aliphatic heterocycles. The number of anilines is 1. The molecule has 0 unspecified atom stereocenters. The maximum Gasteiger partial charge on any atom is 0.163 e. The van der Waals surface area contributed by atoms with Crippen molar-refractivity contribution in [1.29, 1.82) is 0 Å². The van der Waals surface area contributed by atoms with Crippen molar-refractivity contribution in [2.75, 3.05) is 12.8 Å². The molecule has 0 spiro atoms. The molecule has 5 nitrogen and oxygen atoms in total. The van der Waals surface area contributed by atoms with Gasteiger partial charge in [0, 0.05) is 12.6 Å². The molecule has 0 saturated heterocycles. The average molecular weight is 204 g/mol. The van der Waals surface area contributed by atoms with Gasteiger partial charge in [0.05, 0.1) is 12.8 Å². The molecule has 0 atom stereocenters. The summed E-state index contributed by atoms with van der Waals surface area (Å²) in [5, 5.41) is 7.82. The van der Waals surface area contributed by atoms with Crippen molar-refractivity contribution >= 4 is 5.69 Å². The van der Waals surface area contributed by atoms with E-state index in [2.05, 4.69) is 10.2 Å². The third-order valence-corrected chi connectivity index (χ3v) is 2.20. The smallest absolute Gasteiger partial charge is 0.163 e.